The maximum atomic E-state index is 12.8. The molecule has 0 bridgehead atoms. The van der Waals surface area contributed by atoms with Gasteiger partial charge in [0.25, 0.3) is 0 Å². The van der Waals surface area contributed by atoms with Crippen LogP contribution in [0.4, 0.5) is 0 Å². The van der Waals surface area contributed by atoms with E-state index in [-0.39, 0.29) is 17.9 Å². The third kappa shape index (κ3) is 4.43. The van der Waals surface area contributed by atoms with E-state index in [2.05, 4.69) is 17.4 Å². The van der Waals surface area contributed by atoms with E-state index >= 15 is 0 Å². The van der Waals surface area contributed by atoms with E-state index in [1.54, 1.807) is 24.3 Å². The molecule has 1 N–H and O–H groups in total. The standard InChI is InChI=1S/C23H28N2O4S/c1-17-6-8-20(9-7-17)30(27,28)25-13-10-19(11-14-25)23(26)24-16-22-21-5-3-2-4-18(21)12-15-29-22/h2-9,19,22H,10-16H2,1H3,(H,24,26). The highest BCUT2D eigenvalue weighted by molar-refractivity contribution is 7.89. The van der Waals surface area contributed by atoms with Crippen LogP contribution in [0, 0.1) is 12.8 Å². The van der Waals surface area contributed by atoms with Crippen molar-refractivity contribution in [3.63, 3.8) is 0 Å². The van der Waals surface area contributed by atoms with Crippen molar-refractivity contribution in [3.8, 4) is 0 Å². The SMILES string of the molecule is Cc1ccc(S(=O)(=O)N2CCC(C(=O)NCC3OCCc4ccccc43)CC2)cc1. The topological polar surface area (TPSA) is 75.7 Å². The molecule has 7 heteroatoms. The number of benzene rings is 2. The van der Waals surface area contributed by atoms with Crippen LogP contribution in [0.15, 0.2) is 53.4 Å². The number of nitrogens with one attached hydrogen (secondary N) is 1. The number of nitrogens with zero attached hydrogens (tertiary/aromatic N) is 1. The van der Waals surface area contributed by atoms with Crippen molar-refractivity contribution < 1.29 is 17.9 Å². The first-order chi connectivity index (χ1) is 14.4. The Morgan fingerprint density at radius 2 is 1.80 bits per heavy atom. The maximum Gasteiger partial charge on any atom is 0.243 e. The van der Waals surface area contributed by atoms with Gasteiger partial charge >= 0.3 is 0 Å². The molecule has 0 spiro atoms. The van der Waals surface area contributed by atoms with Gasteiger partial charge in [0.05, 0.1) is 11.5 Å². The summed E-state index contributed by atoms with van der Waals surface area (Å²) in [5, 5.41) is 3.02. The number of rotatable bonds is 5. The van der Waals surface area contributed by atoms with Crippen molar-refractivity contribution in [3.05, 3.63) is 65.2 Å². The van der Waals surface area contributed by atoms with Gasteiger partial charge in [0.2, 0.25) is 15.9 Å². The first kappa shape index (κ1) is 21.0. The number of aryl methyl sites for hydroxylation is 1. The van der Waals surface area contributed by atoms with Gasteiger partial charge in [-0.15, -0.1) is 0 Å². The molecule has 1 fully saturated rings. The van der Waals surface area contributed by atoms with Crippen LogP contribution in [-0.2, 0) is 26.0 Å². The summed E-state index contributed by atoms with van der Waals surface area (Å²) in [7, 11) is -3.51. The van der Waals surface area contributed by atoms with Gasteiger partial charge in [-0.2, -0.15) is 4.31 Å². The number of hydrogen-bond donors (Lipinski definition) is 1. The number of fused-ring (bicyclic) bond motifs is 1. The van der Waals surface area contributed by atoms with Crippen LogP contribution in [0.5, 0.6) is 0 Å². The first-order valence-corrected chi connectivity index (χ1v) is 11.9. The summed E-state index contributed by atoms with van der Waals surface area (Å²) < 4.78 is 33.0. The molecule has 1 unspecified atom stereocenters. The summed E-state index contributed by atoms with van der Waals surface area (Å²) in [5.41, 5.74) is 3.44. The second-order valence-corrected chi connectivity index (χ2v) is 9.98. The Kier molecular flexibility index (Phi) is 6.22. The van der Waals surface area contributed by atoms with E-state index < -0.39 is 10.0 Å². The normalized spacial score (nSPS) is 20.5. The van der Waals surface area contributed by atoms with E-state index in [0.717, 1.165) is 17.5 Å². The molecule has 160 valence electrons. The lowest BCUT2D eigenvalue weighted by Crippen LogP contribution is -2.43. The van der Waals surface area contributed by atoms with Crippen LogP contribution in [0.2, 0.25) is 0 Å². The van der Waals surface area contributed by atoms with E-state index in [4.69, 9.17) is 4.74 Å². The largest absolute Gasteiger partial charge is 0.371 e. The number of hydrogen-bond acceptors (Lipinski definition) is 4. The zero-order valence-electron chi connectivity index (χ0n) is 17.2. The third-order valence-corrected chi connectivity index (χ3v) is 7.95. The Balaban J connectivity index is 1.31. The number of carbonyl (C=O) groups is 1. The van der Waals surface area contributed by atoms with E-state index in [1.165, 1.54) is 9.87 Å². The van der Waals surface area contributed by atoms with Crippen molar-refractivity contribution in [2.75, 3.05) is 26.2 Å². The molecule has 2 aliphatic heterocycles. The Morgan fingerprint density at radius 1 is 1.10 bits per heavy atom. The predicted octanol–water partition coefficient (Wildman–Crippen LogP) is 2.83. The van der Waals surface area contributed by atoms with Gasteiger partial charge < -0.3 is 10.1 Å². The minimum absolute atomic E-state index is 0.0194. The molecule has 2 aliphatic rings. The highest BCUT2D eigenvalue weighted by atomic mass is 32.2. The summed E-state index contributed by atoms with van der Waals surface area (Å²) in [6, 6.07) is 15.1. The summed E-state index contributed by atoms with van der Waals surface area (Å²) in [6.45, 7) is 3.75. The zero-order valence-corrected chi connectivity index (χ0v) is 18.0. The first-order valence-electron chi connectivity index (χ1n) is 10.5. The maximum absolute atomic E-state index is 12.8. The minimum atomic E-state index is -3.51. The lowest BCUT2D eigenvalue weighted by atomic mass is 9.96. The number of ether oxygens (including phenoxy) is 1. The number of carbonyl (C=O) groups excluding carboxylic acids is 1. The van der Waals surface area contributed by atoms with Gasteiger partial charge in [-0.05, 0) is 49.4 Å². The smallest absolute Gasteiger partial charge is 0.243 e. The van der Waals surface area contributed by atoms with Crippen LogP contribution in [-0.4, -0.2) is 44.9 Å². The van der Waals surface area contributed by atoms with Crippen LogP contribution < -0.4 is 5.32 Å². The van der Waals surface area contributed by atoms with Gasteiger partial charge in [-0.1, -0.05) is 42.0 Å². The molecule has 0 saturated carbocycles. The molecule has 2 heterocycles. The molecule has 0 aromatic heterocycles. The van der Waals surface area contributed by atoms with Gasteiger partial charge in [0.1, 0.15) is 6.10 Å². The van der Waals surface area contributed by atoms with Crippen molar-refractivity contribution in [2.45, 2.75) is 37.2 Å². The van der Waals surface area contributed by atoms with Crippen LogP contribution in [0.25, 0.3) is 0 Å². The molecular formula is C23H28N2O4S. The average Bonchev–Trinajstić information content (AvgIpc) is 2.78. The molecule has 6 nitrogen and oxygen atoms in total. The molecule has 2 aromatic rings. The Morgan fingerprint density at radius 3 is 2.53 bits per heavy atom. The average molecular weight is 429 g/mol. The van der Waals surface area contributed by atoms with Crippen molar-refractivity contribution >= 4 is 15.9 Å². The summed E-state index contributed by atoms with van der Waals surface area (Å²) >= 11 is 0. The summed E-state index contributed by atoms with van der Waals surface area (Å²) in [6.07, 6.45) is 1.83. The predicted molar refractivity (Wildman–Crippen MR) is 115 cm³/mol. The monoisotopic (exact) mass is 428 g/mol. The van der Waals surface area contributed by atoms with Gasteiger partial charge in [0, 0.05) is 25.6 Å². The quantitative estimate of drug-likeness (QED) is 0.795. The molecule has 30 heavy (non-hydrogen) atoms. The molecule has 1 saturated heterocycles. The molecule has 2 aromatic carbocycles. The lowest BCUT2D eigenvalue weighted by molar-refractivity contribution is -0.126. The van der Waals surface area contributed by atoms with Crippen LogP contribution in [0.3, 0.4) is 0 Å². The molecule has 4 rings (SSSR count). The molecule has 1 amide bonds. The molecule has 0 radical (unpaired) electrons. The van der Waals surface area contributed by atoms with Crippen molar-refractivity contribution in [2.24, 2.45) is 5.92 Å². The number of piperidine rings is 1. The van der Waals surface area contributed by atoms with E-state index in [0.29, 0.717) is 44.0 Å². The Labute approximate surface area is 178 Å². The molecular weight excluding hydrogens is 400 g/mol. The van der Waals surface area contributed by atoms with Crippen molar-refractivity contribution in [1.82, 2.24) is 9.62 Å². The number of sulfonamides is 1. The Bertz CT molecular complexity index is 996. The number of amides is 1. The van der Waals surface area contributed by atoms with Crippen LogP contribution >= 0.6 is 0 Å². The fourth-order valence-corrected chi connectivity index (χ4v) is 5.67. The van der Waals surface area contributed by atoms with Crippen molar-refractivity contribution in [1.29, 1.82) is 0 Å². The third-order valence-electron chi connectivity index (χ3n) is 6.04. The lowest BCUT2D eigenvalue weighted by Gasteiger charge is -2.31. The molecule has 1 atom stereocenters. The highest BCUT2D eigenvalue weighted by Gasteiger charge is 2.32. The second-order valence-electron chi connectivity index (χ2n) is 8.04. The van der Waals surface area contributed by atoms with Crippen LogP contribution in [0.1, 0.15) is 35.6 Å². The van der Waals surface area contributed by atoms with E-state index in [9.17, 15) is 13.2 Å². The second kappa shape index (κ2) is 8.88. The highest BCUT2D eigenvalue weighted by Crippen LogP contribution is 2.27. The van der Waals surface area contributed by atoms with E-state index in [1.807, 2.05) is 19.1 Å². The fourth-order valence-electron chi connectivity index (χ4n) is 4.20. The summed E-state index contributed by atoms with van der Waals surface area (Å²) in [5.74, 6) is -0.192. The summed E-state index contributed by atoms with van der Waals surface area (Å²) in [4.78, 5) is 13.0. The fraction of sp³-hybridized carbons (Fsp3) is 0.435. The zero-order chi connectivity index (χ0) is 21.1. The minimum Gasteiger partial charge on any atom is -0.371 e. The Hall–Kier alpha value is -2.22. The van der Waals surface area contributed by atoms with Gasteiger partial charge in [0.15, 0.2) is 0 Å². The molecule has 0 aliphatic carbocycles. The van der Waals surface area contributed by atoms with Gasteiger partial charge in [-0.25, -0.2) is 8.42 Å². The van der Waals surface area contributed by atoms with Gasteiger partial charge in [-0.3, -0.25) is 4.79 Å².